The van der Waals surface area contributed by atoms with Crippen LogP contribution in [0.4, 0.5) is 0 Å². The molecule has 6 heteroatoms. The fourth-order valence-corrected chi connectivity index (χ4v) is 3.24. The molecule has 4 nitrogen and oxygen atoms in total. The van der Waals surface area contributed by atoms with Crippen molar-refractivity contribution in [2.24, 2.45) is 0 Å². The van der Waals surface area contributed by atoms with Gasteiger partial charge in [0.2, 0.25) is 0 Å². The summed E-state index contributed by atoms with van der Waals surface area (Å²) in [5.41, 5.74) is 0.602. The summed E-state index contributed by atoms with van der Waals surface area (Å²) in [5, 5.41) is 10.5. The maximum atomic E-state index is 10.5. The van der Waals surface area contributed by atoms with Gasteiger partial charge < -0.3 is 19.3 Å². The average molecular weight is 329 g/mol. The minimum absolute atomic E-state index is 0.441. The summed E-state index contributed by atoms with van der Waals surface area (Å²) >= 11 is 7.36. The Kier molecular flexibility index (Phi) is 5.33. The lowest BCUT2D eigenvalue weighted by molar-refractivity contribution is 0.170. The Balaban J connectivity index is 2.36. The van der Waals surface area contributed by atoms with Crippen molar-refractivity contribution in [3.8, 4) is 17.2 Å². The topological polar surface area (TPSA) is 47.9 Å². The summed E-state index contributed by atoms with van der Waals surface area (Å²) in [6.07, 6.45) is -0.313. The Labute approximate surface area is 132 Å². The minimum Gasteiger partial charge on any atom is -0.496 e. The molecule has 0 amide bonds. The molecule has 0 aliphatic heterocycles. The molecule has 2 rings (SSSR count). The predicted octanol–water partition coefficient (Wildman–Crippen LogP) is 3.70. The van der Waals surface area contributed by atoms with Crippen LogP contribution < -0.4 is 14.2 Å². The van der Waals surface area contributed by atoms with Crippen molar-refractivity contribution in [2.75, 3.05) is 21.3 Å². The molecule has 0 aliphatic carbocycles. The van der Waals surface area contributed by atoms with E-state index in [4.69, 9.17) is 25.8 Å². The fourth-order valence-electron chi connectivity index (χ4n) is 2.12. The first-order valence-electron chi connectivity index (χ1n) is 6.31. The van der Waals surface area contributed by atoms with Crippen molar-refractivity contribution in [1.29, 1.82) is 0 Å². The van der Waals surface area contributed by atoms with E-state index in [1.54, 1.807) is 33.5 Å². The number of hydrogen-bond acceptors (Lipinski definition) is 5. The van der Waals surface area contributed by atoms with E-state index in [0.29, 0.717) is 33.6 Å². The number of rotatable bonds is 6. The van der Waals surface area contributed by atoms with Gasteiger partial charge in [-0.15, -0.1) is 11.3 Å². The molecular formula is C15H17ClO4S. The van der Waals surface area contributed by atoms with Gasteiger partial charge in [0.15, 0.2) is 0 Å². The zero-order chi connectivity index (χ0) is 15.4. The van der Waals surface area contributed by atoms with Gasteiger partial charge in [0.05, 0.1) is 37.3 Å². The third-order valence-corrected chi connectivity index (χ3v) is 4.36. The first-order valence-corrected chi connectivity index (χ1v) is 7.50. The van der Waals surface area contributed by atoms with Crippen LogP contribution >= 0.6 is 22.9 Å². The monoisotopic (exact) mass is 328 g/mol. The molecule has 0 spiro atoms. The number of thiophene rings is 1. The molecule has 1 atom stereocenters. The number of benzene rings is 1. The largest absolute Gasteiger partial charge is 0.496 e. The number of aliphatic hydroxyl groups excluding tert-OH is 1. The number of aliphatic hydroxyl groups is 1. The van der Waals surface area contributed by atoms with Crippen LogP contribution in [0.25, 0.3) is 0 Å². The Morgan fingerprint density at radius 1 is 1.10 bits per heavy atom. The van der Waals surface area contributed by atoms with Gasteiger partial charge in [-0.3, -0.25) is 0 Å². The van der Waals surface area contributed by atoms with Crippen molar-refractivity contribution < 1.29 is 19.3 Å². The molecule has 114 valence electrons. The number of halogens is 1. The molecule has 1 aromatic heterocycles. The molecule has 1 unspecified atom stereocenters. The van der Waals surface area contributed by atoms with Crippen molar-refractivity contribution in [3.05, 3.63) is 39.0 Å². The highest BCUT2D eigenvalue weighted by Crippen LogP contribution is 2.40. The van der Waals surface area contributed by atoms with Crippen LogP contribution in [0.2, 0.25) is 4.34 Å². The molecule has 1 heterocycles. The van der Waals surface area contributed by atoms with Crippen LogP contribution in [-0.2, 0) is 6.42 Å². The summed E-state index contributed by atoms with van der Waals surface area (Å²) in [4.78, 5) is 0.993. The van der Waals surface area contributed by atoms with Crippen LogP contribution in [-0.4, -0.2) is 26.4 Å². The smallest absolute Gasteiger partial charge is 0.132 e. The SMILES string of the molecule is COc1cc(OC)c(C(O)Cc2ccc(Cl)s2)c(OC)c1. The quantitative estimate of drug-likeness (QED) is 0.878. The Morgan fingerprint density at radius 2 is 1.71 bits per heavy atom. The van der Waals surface area contributed by atoms with Gasteiger partial charge in [0.25, 0.3) is 0 Å². The maximum absolute atomic E-state index is 10.5. The first kappa shape index (κ1) is 15.9. The summed E-state index contributed by atoms with van der Waals surface area (Å²) in [5.74, 6) is 1.67. The standard InChI is InChI=1S/C15H17ClO4S/c1-18-9-6-12(19-2)15(13(7-9)20-3)11(17)8-10-4-5-14(16)21-10/h4-7,11,17H,8H2,1-3H3. The van der Waals surface area contributed by atoms with E-state index < -0.39 is 6.10 Å². The van der Waals surface area contributed by atoms with E-state index in [9.17, 15) is 5.11 Å². The summed E-state index contributed by atoms with van der Waals surface area (Å²) in [6, 6.07) is 7.17. The lowest BCUT2D eigenvalue weighted by Gasteiger charge is -2.19. The predicted molar refractivity (Wildman–Crippen MR) is 84.1 cm³/mol. The van der Waals surface area contributed by atoms with Gasteiger partial charge in [-0.2, -0.15) is 0 Å². The van der Waals surface area contributed by atoms with E-state index in [0.717, 1.165) is 4.88 Å². The minimum atomic E-state index is -0.754. The number of ether oxygens (including phenoxy) is 3. The van der Waals surface area contributed by atoms with Gasteiger partial charge in [-0.05, 0) is 12.1 Å². The molecule has 2 aromatic rings. The van der Waals surface area contributed by atoms with Crippen molar-refractivity contribution in [1.82, 2.24) is 0 Å². The molecule has 0 aliphatic rings. The van der Waals surface area contributed by atoms with Crippen LogP contribution in [0.1, 0.15) is 16.5 Å². The molecule has 0 saturated carbocycles. The van der Waals surface area contributed by atoms with Gasteiger partial charge in [-0.25, -0.2) is 0 Å². The molecule has 1 N–H and O–H groups in total. The van der Waals surface area contributed by atoms with Crippen LogP contribution in [0.5, 0.6) is 17.2 Å². The van der Waals surface area contributed by atoms with Crippen molar-refractivity contribution in [3.63, 3.8) is 0 Å². The van der Waals surface area contributed by atoms with E-state index >= 15 is 0 Å². The van der Waals surface area contributed by atoms with E-state index in [1.807, 2.05) is 12.1 Å². The zero-order valence-electron chi connectivity index (χ0n) is 12.1. The van der Waals surface area contributed by atoms with Crippen molar-refractivity contribution >= 4 is 22.9 Å². The van der Waals surface area contributed by atoms with E-state index in [2.05, 4.69) is 0 Å². The molecule has 0 radical (unpaired) electrons. The van der Waals surface area contributed by atoms with Crippen molar-refractivity contribution in [2.45, 2.75) is 12.5 Å². The van der Waals surface area contributed by atoms with Gasteiger partial charge in [-0.1, -0.05) is 11.6 Å². The van der Waals surface area contributed by atoms with E-state index in [-0.39, 0.29) is 0 Å². The molecule has 0 fully saturated rings. The first-order chi connectivity index (χ1) is 10.1. The normalized spacial score (nSPS) is 12.0. The lowest BCUT2D eigenvalue weighted by atomic mass is 10.0. The number of methoxy groups -OCH3 is 3. The van der Waals surface area contributed by atoms with Crippen LogP contribution in [0.3, 0.4) is 0 Å². The second kappa shape index (κ2) is 7.02. The highest BCUT2D eigenvalue weighted by molar-refractivity contribution is 7.16. The lowest BCUT2D eigenvalue weighted by Crippen LogP contribution is -2.06. The second-order valence-corrected chi connectivity index (χ2v) is 6.17. The summed E-state index contributed by atoms with van der Waals surface area (Å²) < 4.78 is 16.6. The Hall–Kier alpha value is -1.43. The van der Waals surface area contributed by atoms with Crippen LogP contribution in [0.15, 0.2) is 24.3 Å². The molecular weight excluding hydrogens is 312 g/mol. The third-order valence-electron chi connectivity index (χ3n) is 3.11. The van der Waals surface area contributed by atoms with Gasteiger partial charge in [0.1, 0.15) is 17.2 Å². The zero-order valence-corrected chi connectivity index (χ0v) is 13.6. The third kappa shape index (κ3) is 3.61. The fraction of sp³-hybridized carbons (Fsp3) is 0.333. The Bertz CT molecular complexity index is 586. The molecule has 1 aromatic carbocycles. The highest BCUT2D eigenvalue weighted by Gasteiger charge is 2.21. The van der Waals surface area contributed by atoms with Gasteiger partial charge in [0, 0.05) is 23.4 Å². The summed E-state index contributed by atoms with van der Waals surface area (Å²) in [7, 11) is 4.66. The summed E-state index contributed by atoms with van der Waals surface area (Å²) in [6.45, 7) is 0. The van der Waals surface area contributed by atoms with Gasteiger partial charge >= 0.3 is 0 Å². The second-order valence-electron chi connectivity index (χ2n) is 4.37. The van der Waals surface area contributed by atoms with E-state index in [1.165, 1.54) is 11.3 Å². The molecule has 21 heavy (non-hydrogen) atoms. The Morgan fingerprint density at radius 3 is 2.14 bits per heavy atom. The highest BCUT2D eigenvalue weighted by atomic mass is 35.5. The molecule has 0 saturated heterocycles. The molecule has 0 bridgehead atoms. The number of hydrogen-bond donors (Lipinski definition) is 1. The van der Waals surface area contributed by atoms with Crippen LogP contribution in [0, 0.1) is 0 Å². The maximum Gasteiger partial charge on any atom is 0.132 e. The average Bonchev–Trinajstić information content (AvgIpc) is 2.90.